The Labute approximate surface area is 120 Å². The van der Waals surface area contributed by atoms with E-state index in [0.717, 1.165) is 0 Å². The molecule has 0 aliphatic carbocycles. The van der Waals surface area contributed by atoms with Crippen molar-refractivity contribution in [3.05, 3.63) is 24.3 Å². The molecule has 0 aliphatic heterocycles. The number of hydrogen-bond donors (Lipinski definition) is 1. The van der Waals surface area contributed by atoms with E-state index in [4.69, 9.17) is 0 Å². The number of hydrogen-bond acceptors (Lipinski definition) is 4. The Kier molecular flexibility index (Phi) is 5.56. The fourth-order valence-corrected chi connectivity index (χ4v) is 2.85. The van der Waals surface area contributed by atoms with Crippen molar-refractivity contribution in [3.8, 4) is 0 Å². The maximum Gasteiger partial charge on any atom is 0.244 e. The molecule has 0 radical (unpaired) electrons. The molecule has 1 unspecified atom stereocenters. The van der Waals surface area contributed by atoms with Gasteiger partial charge in [0.1, 0.15) is 6.04 Å². The van der Waals surface area contributed by atoms with E-state index in [1.807, 2.05) is 6.92 Å². The fraction of sp³-hybridized carbons (Fsp3) is 0.500. The molecule has 1 atom stereocenters. The molecule has 1 N–H and O–H groups in total. The van der Waals surface area contributed by atoms with E-state index in [9.17, 15) is 13.2 Å². The largest absolute Gasteiger partial charge is 0.373 e. The first-order chi connectivity index (χ1) is 9.33. The van der Waals surface area contributed by atoms with Gasteiger partial charge in [0.15, 0.2) is 9.84 Å². The van der Waals surface area contributed by atoms with Gasteiger partial charge in [-0.25, -0.2) is 8.42 Å². The first kappa shape index (κ1) is 16.5. The van der Waals surface area contributed by atoms with Gasteiger partial charge in [-0.1, -0.05) is 19.1 Å². The molecule has 6 heteroatoms. The number of benzene rings is 1. The quantitative estimate of drug-likeness (QED) is 0.869. The molecule has 112 valence electrons. The monoisotopic (exact) mass is 298 g/mol. The average Bonchev–Trinajstić information content (AvgIpc) is 2.45. The van der Waals surface area contributed by atoms with Crippen LogP contribution in [0.25, 0.3) is 0 Å². The van der Waals surface area contributed by atoms with Gasteiger partial charge < -0.3 is 10.2 Å². The van der Waals surface area contributed by atoms with Gasteiger partial charge in [0.05, 0.1) is 16.3 Å². The molecule has 0 spiro atoms. The lowest BCUT2D eigenvalue weighted by Crippen LogP contribution is -2.39. The molecule has 1 aromatic carbocycles. The zero-order chi connectivity index (χ0) is 15.3. The molecule has 1 aromatic rings. The van der Waals surface area contributed by atoms with Gasteiger partial charge in [-0.15, -0.1) is 0 Å². The molecular weight excluding hydrogens is 276 g/mol. The van der Waals surface area contributed by atoms with Crippen molar-refractivity contribution in [2.24, 2.45) is 0 Å². The summed E-state index contributed by atoms with van der Waals surface area (Å²) in [5.74, 6) is -0.0423. The van der Waals surface area contributed by atoms with E-state index in [-0.39, 0.29) is 16.6 Å². The number of para-hydroxylation sites is 1. The Bertz CT molecular complexity index is 570. The lowest BCUT2D eigenvalue weighted by Gasteiger charge is -2.22. The van der Waals surface area contributed by atoms with Gasteiger partial charge in [0.2, 0.25) is 5.91 Å². The Balaban J connectivity index is 3.02. The highest BCUT2D eigenvalue weighted by atomic mass is 32.2. The normalized spacial score (nSPS) is 12.8. The van der Waals surface area contributed by atoms with Crippen molar-refractivity contribution in [2.75, 3.05) is 24.7 Å². The topological polar surface area (TPSA) is 66.5 Å². The third-order valence-corrected chi connectivity index (χ3v) is 4.98. The summed E-state index contributed by atoms with van der Waals surface area (Å²) in [5, 5.41) is 3.00. The van der Waals surface area contributed by atoms with Crippen molar-refractivity contribution < 1.29 is 13.2 Å². The summed E-state index contributed by atoms with van der Waals surface area (Å²) in [7, 11) is -1.60. The van der Waals surface area contributed by atoms with Crippen LogP contribution in [0.2, 0.25) is 0 Å². The fourth-order valence-electron chi connectivity index (χ4n) is 1.79. The number of nitrogens with one attached hydrogen (secondary N) is 1. The summed E-state index contributed by atoms with van der Waals surface area (Å²) in [6.07, 6.45) is 0. The molecule has 0 aromatic heterocycles. The summed E-state index contributed by atoms with van der Waals surface area (Å²) in [5.41, 5.74) is 0.472. The smallest absolute Gasteiger partial charge is 0.244 e. The van der Waals surface area contributed by atoms with Crippen LogP contribution in [0.15, 0.2) is 29.2 Å². The lowest BCUT2D eigenvalue weighted by atomic mass is 10.2. The van der Waals surface area contributed by atoms with Gasteiger partial charge in [-0.3, -0.25) is 4.79 Å². The van der Waals surface area contributed by atoms with Gasteiger partial charge in [-0.2, -0.15) is 0 Å². The van der Waals surface area contributed by atoms with E-state index in [1.165, 1.54) is 0 Å². The van der Waals surface area contributed by atoms with Gasteiger partial charge in [0, 0.05) is 13.6 Å². The van der Waals surface area contributed by atoms with Crippen molar-refractivity contribution >= 4 is 21.4 Å². The van der Waals surface area contributed by atoms with Crippen LogP contribution in [0.5, 0.6) is 0 Å². The van der Waals surface area contributed by atoms with Crippen LogP contribution in [-0.2, 0) is 14.6 Å². The molecule has 0 aliphatic rings. The van der Waals surface area contributed by atoms with E-state index in [2.05, 4.69) is 5.32 Å². The van der Waals surface area contributed by atoms with Crippen LogP contribution in [0.1, 0.15) is 20.8 Å². The zero-order valence-corrected chi connectivity index (χ0v) is 13.2. The van der Waals surface area contributed by atoms with Crippen molar-refractivity contribution in [3.63, 3.8) is 0 Å². The Morgan fingerprint density at radius 3 is 2.45 bits per heavy atom. The number of carbonyl (C=O) groups excluding carboxylic acids is 1. The molecular formula is C14H22N2O3S. The Morgan fingerprint density at radius 1 is 1.30 bits per heavy atom. The number of carbonyl (C=O) groups is 1. The highest BCUT2D eigenvalue weighted by molar-refractivity contribution is 7.91. The predicted octanol–water partition coefficient (Wildman–Crippen LogP) is 1.76. The summed E-state index contributed by atoms with van der Waals surface area (Å²) in [4.78, 5) is 13.9. The second-order valence-corrected chi connectivity index (χ2v) is 6.86. The third-order valence-electron chi connectivity index (χ3n) is 3.20. The highest BCUT2D eigenvalue weighted by Crippen LogP contribution is 2.22. The molecule has 0 saturated carbocycles. The molecule has 0 saturated heterocycles. The molecule has 1 amide bonds. The molecule has 20 heavy (non-hydrogen) atoms. The minimum absolute atomic E-state index is 0.0306. The summed E-state index contributed by atoms with van der Waals surface area (Å²) < 4.78 is 24.1. The van der Waals surface area contributed by atoms with Crippen molar-refractivity contribution in [2.45, 2.75) is 31.7 Å². The summed E-state index contributed by atoms with van der Waals surface area (Å²) >= 11 is 0. The minimum Gasteiger partial charge on any atom is -0.373 e. The predicted molar refractivity (Wildman–Crippen MR) is 80.6 cm³/mol. The Hall–Kier alpha value is -1.56. The van der Waals surface area contributed by atoms with Crippen LogP contribution < -0.4 is 5.32 Å². The Morgan fingerprint density at radius 2 is 1.90 bits per heavy atom. The standard InChI is InChI=1S/C14H22N2O3S/c1-5-16(4)14(17)11(3)15-12-9-7-8-10-13(12)20(18,19)6-2/h7-11,15H,5-6H2,1-4H3. The van der Waals surface area contributed by atoms with Gasteiger partial charge in [0.25, 0.3) is 0 Å². The third kappa shape index (κ3) is 3.72. The second-order valence-electron chi connectivity index (χ2n) is 4.62. The number of sulfone groups is 1. The number of amides is 1. The van der Waals surface area contributed by atoms with Crippen LogP contribution in [0.3, 0.4) is 0 Å². The lowest BCUT2D eigenvalue weighted by molar-refractivity contribution is -0.130. The number of likely N-dealkylation sites (N-methyl/N-ethyl adjacent to an activating group) is 1. The van der Waals surface area contributed by atoms with Crippen molar-refractivity contribution in [1.82, 2.24) is 4.90 Å². The minimum atomic E-state index is -3.31. The van der Waals surface area contributed by atoms with Crippen LogP contribution >= 0.6 is 0 Å². The number of anilines is 1. The first-order valence-electron chi connectivity index (χ1n) is 6.66. The SMILES string of the molecule is CCN(C)C(=O)C(C)Nc1ccccc1S(=O)(=O)CC. The molecule has 1 rings (SSSR count). The van der Waals surface area contributed by atoms with Crippen molar-refractivity contribution in [1.29, 1.82) is 0 Å². The second kappa shape index (κ2) is 6.74. The summed E-state index contributed by atoms with van der Waals surface area (Å²) in [6.45, 7) is 5.83. The van der Waals surface area contributed by atoms with Crippen LogP contribution in [0.4, 0.5) is 5.69 Å². The number of nitrogens with zero attached hydrogens (tertiary/aromatic N) is 1. The average molecular weight is 298 g/mol. The molecule has 5 nitrogen and oxygen atoms in total. The highest BCUT2D eigenvalue weighted by Gasteiger charge is 2.20. The van der Waals surface area contributed by atoms with Crippen LogP contribution in [0, 0.1) is 0 Å². The molecule has 0 fully saturated rings. The molecule has 0 heterocycles. The van der Waals surface area contributed by atoms with Gasteiger partial charge in [-0.05, 0) is 26.0 Å². The first-order valence-corrected chi connectivity index (χ1v) is 8.32. The maximum absolute atomic E-state index is 12.0. The van der Waals surface area contributed by atoms with Crippen LogP contribution in [-0.4, -0.2) is 44.6 Å². The molecule has 0 bridgehead atoms. The van der Waals surface area contributed by atoms with E-state index in [0.29, 0.717) is 12.2 Å². The number of rotatable bonds is 6. The maximum atomic E-state index is 12.0. The zero-order valence-electron chi connectivity index (χ0n) is 12.4. The van der Waals surface area contributed by atoms with E-state index < -0.39 is 15.9 Å². The summed E-state index contributed by atoms with van der Waals surface area (Å²) in [6, 6.07) is 6.18. The van der Waals surface area contributed by atoms with E-state index >= 15 is 0 Å². The van der Waals surface area contributed by atoms with E-state index in [1.54, 1.807) is 50.1 Å². The van der Waals surface area contributed by atoms with Gasteiger partial charge >= 0.3 is 0 Å².